The summed E-state index contributed by atoms with van der Waals surface area (Å²) in [4.78, 5) is 0. The maximum absolute atomic E-state index is 6.20. The summed E-state index contributed by atoms with van der Waals surface area (Å²) in [6, 6.07) is 0. The second-order valence-corrected chi connectivity index (χ2v) is 3.82. The minimum absolute atomic E-state index is 0.783. The number of nitrogens with zero attached hydrogens (tertiary/aromatic N) is 2. The lowest BCUT2D eigenvalue weighted by Gasteiger charge is -2.01. The molecule has 0 saturated heterocycles. The van der Waals surface area contributed by atoms with Gasteiger partial charge in [0.05, 0.1) is 5.69 Å². The highest BCUT2D eigenvalue weighted by atomic mass is 35.5. The zero-order valence-electron chi connectivity index (χ0n) is 9.10. The molecule has 1 heterocycles. The molecule has 1 aromatic heterocycles. The Morgan fingerprint density at radius 2 is 2.21 bits per heavy atom. The molecule has 14 heavy (non-hydrogen) atoms. The fourth-order valence-corrected chi connectivity index (χ4v) is 1.75. The summed E-state index contributed by atoms with van der Waals surface area (Å²) in [5, 5.41) is 8.29. The summed E-state index contributed by atoms with van der Waals surface area (Å²) in [7, 11) is 1.92. The number of unbranched alkanes of at least 4 members (excludes halogenated alkanes) is 1. The molecule has 0 aliphatic carbocycles. The van der Waals surface area contributed by atoms with Gasteiger partial charge >= 0.3 is 0 Å². The van der Waals surface area contributed by atoms with Crippen LogP contribution in [0.3, 0.4) is 0 Å². The van der Waals surface area contributed by atoms with E-state index >= 15 is 0 Å². The molecule has 0 aliphatic rings. The molecule has 4 heteroatoms. The van der Waals surface area contributed by atoms with Crippen LogP contribution in [0.5, 0.6) is 0 Å². The van der Waals surface area contributed by atoms with E-state index in [0.717, 1.165) is 42.3 Å². The Balaban J connectivity index is 2.81. The third-order valence-corrected chi connectivity index (χ3v) is 2.68. The summed E-state index contributed by atoms with van der Waals surface area (Å²) in [5.41, 5.74) is 2.14. The SMILES string of the molecule is CCCCn1nc(C)c(CNC)c1Cl. The van der Waals surface area contributed by atoms with E-state index < -0.39 is 0 Å². The van der Waals surface area contributed by atoms with Crippen LogP contribution >= 0.6 is 11.6 Å². The number of nitrogens with one attached hydrogen (secondary N) is 1. The highest BCUT2D eigenvalue weighted by Crippen LogP contribution is 2.19. The van der Waals surface area contributed by atoms with E-state index in [4.69, 9.17) is 11.6 Å². The van der Waals surface area contributed by atoms with E-state index in [-0.39, 0.29) is 0 Å². The monoisotopic (exact) mass is 215 g/mol. The summed E-state index contributed by atoms with van der Waals surface area (Å²) in [6.45, 7) is 5.87. The predicted octanol–water partition coefficient (Wildman–Crippen LogP) is 2.36. The van der Waals surface area contributed by atoms with Crippen molar-refractivity contribution in [3.05, 3.63) is 16.4 Å². The second kappa shape index (κ2) is 5.37. The molecule has 1 aromatic rings. The fraction of sp³-hybridized carbons (Fsp3) is 0.700. The van der Waals surface area contributed by atoms with Gasteiger partial charge in [0, 0.05) is 18.7 Å². The molecule has 0 atom stereocenters. The van der Waals surface area contributed by atoms with Crippen LogP contribution < -0.4 is 5.32 Å². The van der Waals surface area contributed by atoms with Crippen LogP contribution in [0.4, 0.5) is 0 Å². The summed E-state index contributed by atoms with van der Waals surface area (Å²) in [5.74, 6) is 0. The van der Waals surface area contributed by atoms with Gasteiger partial charge in [-0.25, -0.2) is 0 Å². The number of halogens is 1. The Kier molecular flexibility index (Phi) is 4.42. The molecule has 3 nitrogen and oxygen atoms in total. The van der Waals surface area contributed by atoms with Gasteiger partial charge in [-0.3, -0.25) is 4.68 Å². The van der Waals surface area contributed by atoms with Crippen LogP contribution in [0.25, 0.3) is 0 Å². The second-order valence-electron chi connectivity index (χ2n) is 3.46. The lowest BCUT2D eigenvalue weighted by Crippen LogP contribution is -2.06. The van der Waals surface area contributed by atoms with E-state index in [1.807, 2.05) is 18.7 Å². The molecular weight excluding hydrogens is 198 g/mol. The van der Waals surface area contributed by atoms with Crippen molar-refractivity contribution in [3.8, 4) is 0 Å². The first-order chi connectivity index (χ1) is 6.70. The topological polar surface area (TPSA) is 29.9 Å². The van der Waals surface area contributed by atoms with Crippen molar-refractivity contribution in [2.45, 2.75) is 39.8 Å². The van der Waals surface area contributed by atoms with E-state index in [0.29, 0.717) is 0 Å². The smallest absolute Gasteiger partial charge is 0.131 e. The Bertz CT molecular complexity index is 294. The standard InChI is InChI=1S/C10H18ClN3/c1-4-5-6-14-10(11)9(7-12-3)8(2)13-14/h12H,4-7H2,1-3H3. The van der Waals surface area contributed by atoms with Gasteiger partial charge in [0.15, 0.2) is 0 Å². The molecule has 0 spiro atoms. The molecule has 0 amide bonds. The van der Waals surface area contributed by atoms with Crippen LogP contribution in [-0.2, 0) is 13.1 Å². The Morgan fingerprint density at radius 1 is 1.50 bits per heavy atom. The van der Waals surface area contributed by atoms with E-state index in [1.165, 1.54) is 0 Å². The lowest BCUT2D eigenvalue weighted by atomic mass is 10.2. The maximum Gasteiger partial charge on any atom is 0.131 e. The number of aromatic nitrogens is 2. The highest BCUT2D eigenvalue weighted by Gasteiger charge is 2.11. The Hall–Kier alpha value is -0.540. The quantitative estimate of drug-likeness (QED) is 0.818. The maximum atomic E-state index is 6.20. The minimum Gasteiger partial charge on any atom is -0.316 e. The zero-order chi connectivity index (χ0) is 10.6. The van der Waals surface area contributed by atoms with Crippen LogP contribution in [0.2, 0.25) is 5.15 Å². The average molecular weight is 216 g/mol. The third-order valence-electron chi connectivity index (χ3n) is 2.26. The van der Waals surface area contributed by atoms with Crippen molar-refractivity contribution in [1.29, 1.82) is 0 Å². The van der Waals surface area contributed by atoms with Crippen LogP contribution in [0.15, 0.2) is 0 Å². The normalized spacial score (nSPS) is 10.9. The van der Waals surface area contributed by atoms with Crippen LogP contribution in [-0.4, -0.2) is 16.8 Å². The van der Waals surface area contributed by atoms with Crippen LogP contribution in [0.1, 0.15) is 31.0 Å². The van der Waals surface area contributed by atoms with Gasteiger partial charge in [-0.1, -0.05) is 24.9 Å². The molecule has 1 rings (SSSR count). The summed E-state index contributed by atoms with van der Waals surface area (Å²) < 4.78 is 1.90. The molecular formula is C10H18ClN3. The zero-order valence-corrected chi connectivity index (χ0v) is 9.86. The van der Waals surface area contributed by atoms with E-state index in [9.17, 15) is 0 Å². The first kappa shape index (κ1) is 11.5. The van der Waals surface area contributed by atoms with Crippen molar-refractivity contribution in [2.75, 3.05) is 7.05 Å². The van der Waals surface area contributed by atoms with Gasteiger partial charge in [0.2, 0.25) is 0 Å². The fourth-order valence-electron chi connectivity index (χ4n) is 1.42. The highest BCUT2D eigenvalue weighted by molar-refractivity contribution is 6.30. The average Bonchev–Trinajstić information content (AvgIpc) is 2.43. The molecule has 80 valence electrons. The first-order valence-electron chi connectivity index (χ1n) is 5.07. The largest absolute Gasteiger partial charge is 0.316 e. The Morgan fingerprint density at radius 3 is 2.79 bits per heavy atom. The number of aryl methyl sites for hydroxylation is 2. The van der Waals surface area contributed by atoms with Gasteiger partial charge in [0.25, 0.3) is 0 Å². The van der Waals surface area contributed by atoms with Gasteiger partial charge in [-0.05, 0) is 20.4 Å². The molecule has 0 saturated carbocycles. The number of hydrogen-bond acceptors (Lipinski definition) is 2. The molecule has 0 bridgehead atoms. The first-order valence-corrected chi connectivity index (χ1v) is 5.44. The van der Waals surface area contributed by atoms with Gasteiger partial charge < -0.3 is 5.32 Å². The van der Waals surface area contributed by atoms with Crippen LogP contribution in [0, 0.1) is 6.92 Å². The van der Waals surface area contributed by atoms with Crippen molar-refractivity contribution in [1.82, 2.24) is 15.1 Å². The molecule has 0 aromatic carbocycles. The predicted molar refractivity (Wildman–Crippen MR) is 59.6 cm³/mol. The van der Waals surface area contributed by atoms with Gasteiger partial charge in [-0.15, -0.1) is 0 Å². The van der Waals surface area contributed by atoms with Crippen molar-refractivity contribution in [2.24, 2.45) is 0 Å². The lowest BCUT2D eigenvalue weighted by molar-refractivity contribution is 0.568. The Labute approximate surface area is 90.4 Å². The number of hydrogen-bond donors (Lipinski definition) is 1. The molecule has 0 radical (unpaired) electrons. The third kappa shape index (κ3) is 2.49. The van der Waals surface area contributed by atoms with E-state index in [2.05, 4.69) is 17.3 Å². The molecule has 0 aliphatic heterocycles. The molecule has 0 unspecified atom stereocenters. The molecule has 1 N–H and O–H groups in total. The van der Waals surface area contributed by atoms with Crippen molar-refractivity contribution < 1.29 is 0 Å². The summed E-state index contributed by atoms with van der Waals surface area (Å²) >= 11 is 6.20. The molecule has 0 fully saturated rings. The van der Waals surface area contributed by atoms with Gasteiger partial charge in [-0.2, -0.15) is 5.10 Å². The van der Waals surface area contributed by atoms with E-state index in [1.54, 1.807) is 0 Å². The number of rotatable bonds is 5. The summed E-state index contributed by atoms with van der Waals surface area (Å²) in [6.07, 6.45) is 2.29. The van der Waals surface area contributed by atoms with Crippen molar-refractivity contribution in [3.63, 3.8) is 0 Å². The minimum atomic E-state index is 0.783. The van der Waals surface area contributed by atoms with Crippen molar-refractivity contribution >= 4 is 11.6 Å². The van der Waals surface area contributed by atoms with Gasteiger partial charge in [0.1, 0.15) is 5.15 Å².